The highest BCUT2D eigenvalue weighted by Crippen LogP contribution is 2.34. The Balaban J connectivity index is 2.32. The van der Waals surface area contributed by atoms with Gasteiger partial charge in [-0.25, -0.2) is 0 Å². The maximum Gasteiger partial charge on any atom is 0.0814 e. The summed E-state index contributed by atoms with van der Waals surface area (Å²) in [7, 11) is 0. The summed E-state index contributed by atoms with van der Waals surface area (Å²) in [4.78, 5) is 8.64. The van der Waals surface area contributed by atoms with E-state index in [1.165, 1.54) is 19.3 Å². The maximum absolute atomic E-state index is 6.38. The van der Waals surface area contributed by atoms with E-state index in [2.05, 4.69) is 9.97 Å². The molecule has 1 heterocycles. The lowest BCUT2D eigenvalue weighted by molar-refractivity contribution is 0.292. The molecule has 1 fully saturated rings. The lowest BCUT2D eigenvalue weighted by atomic mass is 9.79. The number of hydrogen-bond acceptors (Lipinski definition) is 3. The molecule has 0 unspecified atom stereocenters. The fraction of sp³-hybridized carbons (Fsp3) is 0.636. The van der Waals surface area contributed by atoms with Gasteiger partial charge >= 0.3 is 0 Å². The zero-order valence-corrected chi connectivity index (χ0v) is 8.66. The highest BCUT2D eigenvalue weighted by Gasteiger charge is 2.32. The highest BCUT2D eigenvalue weighted by molar-refractivity contribution is 5.19. The fourth-order valence-electron chi connectivity index (χ4n) is 2.32. The Morgan fingerprint density at radius 2 is 1.79 bits per heavy atom. The number of nitrogens with zero attached hydrogens (tertiary/aromatic N) is 2. The van der Waals surface area contributed by atoms with Crippen molar-refractivity contribution >= 4 is 0 Å². The van der Waals surface area contributed by atoms with Crippen LogP contribution in [0.5, 0.6) is 0 Å². The van der Waals surface area contributed by atoms with Crippen molar-refractivity contribution < 1.29 is 0 Å². The molecule has 1 aromatic rings. The highest BCUT2D eigenvalue weighted by atomic mass is 14.9. The zero-order chi connectivity index (χ0) is 10.0. The molecule has 3 nitrogen and oxygen atoms in total. The molecule has 1 aliphatic rings. The summed E-state index contributed by atoms with van der Waals surface area (Å²) < 4.78 is 0. The number of rotatable bonds is 1. The Morgan fingerprint density at radius 1 is 1.14 bits per heavy atom. The number of aryl methyl sites for hydroxylation is 1. The van der Waals surface area contributed by atoms with Crippen LogP contribution >= 0.6 is 0 Å². The van der Waals surface area contributed by atoms with E-state index in [0.717, 1.165) is 24.2 Å². The van der Waals surface area contributed by atoms with Gasteiger partial charge in [0.2, 0.25) is 0 Å². The third-order valence-corrected chi connectivity index (χ3v) is 3.10. The summed E-state index contributed by atoms with van der Waals surface area (Å²) in [6.07, 6.45) is 9.30. The van der Waals surface area contributed by atoms with Crippen molar-refractivity contribution in [2.24, 2.45) is 5.73 Å². The molecule has 0 radical (unpaired) electrons. The topological polar surface area (TPSA) is 51.8 Å². The van der Waals surface area contributed by atoms with E-state index in [0.29, 0.717) is 0 Å². The van der Waals surface area contributed by atoms with Crippen molar-refractivity contribution in [3.63, 3.8) is 0 Å². The van der Waals surface area contributed by atoms with Gasteiger partial charge in [-0.2, -0.15) is 0 Å². The third kappa shape index (κ3) is 1.64. The van der Waals surface area contributed by atoms with Crippen molar-refractivity contribution in [3.8, 4) is 0 Å². The lowest BCUT2D eigenvalue weighted by Gasteiger charge is -2.33. The van der Waals surface area contributed by atoms with E-state index in [-0.39, 0.29) is 5.54 Å². The summed E-state index contributed by atoms with van der Waals surface area (Å²) in [6, 6.07) is 0. The van der Waals surface area contributed by atoms with Crippen LogP contribution in [0.15, 0.2) is 12.4 Å². The average Bonchev–Trinajstić information content (AvgIpc) is 2.19. The number of aromatic nitrogens is 2. The predicted octanol–water partition coefficient (Wildman–Crippen LogP) is 1.90. The molecule has 0 spiro atoms. The van der Waals surface area contributed by atoms with Crippen LogP contribution in [0, 0.1) is 6.92 Å². The molecule has 0 bridgehead atoms. The van der Waals surface area contributed by atoms with E-state index in [1.807, 2.05) is 6.92 Å². The largest absolute Gasteiger partial charge is 0.320 e. The molecular weight excluding hydrogens is 174 g/mol. The van der Waals surface area contributed by atoms with Crippen molar-refractivity contribution in [2.75, 3.05) is 0 Å². The molecule has 1 aromatic heterocycles. The van der Waals surface area contributed by atoms with Gasteiger partial charge in [-0.15, -0.1) is 0 Å². The van der Waals surface area contributed by atoms with Crippen LogP contribution in [0.2, 0.25) is 0 Å². The number of hydrogen-bond donors (Lipinski definition) is 1. The minimum atomic E-state index is -0.212. The molecule has 0 aliphatic heterocycles. The molecule has 1 saturated carbocycles. The van der Waals surface area contributed by atoms with Gasteiger partial charge in [-0.3, -0.25) is 9.97 Å². The Morgan fingerprint density at radius 3 is 2.43 bits per heavy atom. The fourth-order valence-corrected chi connectivity index (χ4v) is 2.32. The van der Waals surface area contributed by atoms with E-state index >= 15 is 0 Å². The molecule has 0 amide bonds. The van der Waals surface area contributed by atoms with Crippen molar-refractivity contribution in [2.45, 2.75) is 44.6 Å². The van der Waals surface area contributed by atoms with Crippen molar-refractivity contribution in [1.82, 2.24) is 9.97 Å². The monoisotopic (exact) mass is 191 g/mol. The second-order valence-corrected chi connectivity index (χ2v) is 4.21. The normalized spacial score (nSPS) is 20.7. The van der Waals surface area contributed by atoms with Crippen LogP contribution in [0.3, 0.4) is 0 Å². The second-order valence-electron chi connectivity index (χ2n) is 4.21. The molecule has 1 aliphatic carbocycles. The first-order chi connectivity index (χ1) is 6.72. The van der Waals surface area contributed by atoms with Gasteiger partial charge in [-0.05, 0) is 19.8 Å². The smallest absolute Gasteiger partial charge is 0.0814 e. The first kappa shape index (κ1) is 9.59. The quantitative estimate of drug-likeness (QED) is 0.737. The summed E-state index contributed by atoms with van der Waals surface area (Å²) >= 11 is 0. The van der Waals surface area contributed by atoms with E-state index in [1.54, 1.807) is 12.4 Å². The molecule has 3 heteroatoms. The van der Waals surface area contributed by atoms with Crippen LogP contribution < -0.4 is 5.73 Å². The Kier molecular flexibility index (Phi) is 2.50. The molecule has 2 rings (SSSR count). The van der Waals surface area contributed by atoms with E-state index in [4.69, 9.17) is 5.73 Å². The average molecular weight is 191 g/mol. The summed E-state index contributed by atoms with van der Waals surface area (Å²) in [6.45, 7) is 1.99. The van der Waals surface area contributed by atoms with Crippen molar-refractivity contribution in [1.29, 1.82) is 0 Å². The van der Waals surface area contributed by atoms with Gasteiger partial charge in [0.1, 0.15) is 0 Å². The summed E-state index contributed by atoms with van der Waals surface area (Å²) in [5.74, 6) is 0. The molecule has 0 saturated heterocycles. The van der Waals surface area contributed by atoms with Gasteiger partial charge < -0.3 is 5.73 Å². The first-order valence-corrected chi connectivity index (χ1v) is 5.29. The standard InChI is InChI=1S/C11H17N3/c1-9-10(14-8-7-13-9)11(12)5-3-2-4-6-11/h7-8H,2-6,12H2,1H3. The minimum Gasteiger partial charge on any atom is -0.320 e. The third-order valence-electron chi connectivity index (χ3n) is 3.10. The van der Waals surface area contributed by atoms with Crippen LogP contribution in [-0.4, -0.2) is 9.97 Å². The Bertz CT molecular complexity index is 316. The molecule has 2 N–H and O–H groups in total. The summed E-state index contributed by atoms with van der Waals surface area (Å²) in [5.41, 5.74) is 8.15. The Labute approximate surface area is 84.8 Å². The second kappa shape index (κ2) is 3.65. The Hall–Kier alpha value is -0.960. The van der Waals surface area contributed by atoms with Gasteiger partial charge in [0, 0.05) is 12.4 Å². The van der Waals surface area contributed by atoms with Gasteiger partial charge in [-0.1, -0.05) is 19.3 Å². The van der Waals surface area contributed by atoms with E-state index in [9.17, 15) is 0 Å². The van der Waals surface area contributed by atoms with Crippen LogP contribution in [-0.2, 0) is 5.54 Å². The first-order valence-electron chi connectivity index (χ1n) is 5.29. The predicted molar refractivity (Wildman–Crippen MR) is 55.7 cm³/mol. The lowest BCUT2D eigenvalue weighted by Crippen LogP contribution is -2.40. The SMILES string of the molecule is Cc1nccnc1C1(N)CCCCC1. The van der Waals surface area contributed by atoms with E-state index < -0.39 is 0 Å². The molecule has 0 aromatic carbocycles. The zero-order valence-electron chi connectivity index (χ0n) is 8.66. The van der Waals surface area contributed by atoms with Gasteiger partial charge in [0.05, 0.1) is 16.9 Å². The minimum absolute atomic E-state index is 0.212. The van der Waals surface area contributed by atoms with Gasteiger partial charge in [0.15, 0.2) is 0 Å². The van der Waals surface area contributed by atoms with Crippen molar-refractivity contribution in [3.05, 3.63) is 23.8 Å². The maximum atomic E-state index is 6.38. The van der Waals surface area contributed by atoms with Gasteiger partial charge in [0.25, 0.3) is 0 Å². The summed E-state index contributed by atoms with van der Waals surface area (Å²) in [5, 5.41) is 0. The van der Waals surface area contributed by atoms with Crippen LogP contribution in [0.1, 0.15) is 43.5 Å². The van der Waals surface area contributed by atoms with Crippen LogP contribution in [0.4, 0.5) is 0 Å². The molecule has 76 valence electrons. The molecule has 14 heavy (non-hydrogen) atoms. The number of nitrogens with two attached hydrogens (primary N) is 1. The molecule has 0 atom stereocenters. The molecular formula is C11H17N3. The van der Waals surface area contributed by atoms with Crippen LogP contribution in [0.25, 0.3) is 0 Å².